The van der Waals surface area contributed by atoms with Crippen molar-refractivity contribution in [1.82, 2.24) is 10.3 Å². The second-order valence-electron chi connectivity index (χ2n) is 6.53. The Labute approximate surface area is 157 Å². The van der Waals surface area contributed by atoms with Crippen LogP contribution in [0.15, 0.2) is 54.7 Å². The van der Waals surface area contributed by atoms with E-state index in [1.54, 1.807) is 30.3 Å². The van der Waals surface area contributed by atoms with Gasteiger partial charge < -0.3 is 15.4 Å². The number of hydrogen-bond acceptors (Lipinski definition) is 3. The number of phenols is 1. The number of nitrogens with one attached hydrogen (secondary N) is 2. The number of aryl methyl sites for hydroxylation is 1. The monoisotopic (exact) mass is 362 g/mol. The van der Waals surface area contributed by atoms with Gasteiger partial charge in [-0.25, -0.2) is 0 Å². The number of rotatable bonds is 7. The number of carbonyl (C=O) groups excluding carboxylic acids is 2. The molecule has 0 fully saturated rings. The molecule has 0 aliphatic carbocycles. The fraction of sp³-hybridized carbons (Fsp3) is 0.182. The molecule has 138 valence electrons. The van der Waals surface area contributed by atoms with Crippen molar-refractivity contribution in [3.8, 4) is 5.75 Å². The van der Waals surface area contributed by atoms with Gasteiger partial charge in [-0.05, 0) is 54.8 Å². The van der Waals surface area contributed by atoms with Crippen molar-refractivity contribution in [2.24, 2.45) is 0 Å². The molecule has 5 nitrogen and oxygen atoms in total. The summed E-state index contributed by atoms with van der Waals surface area (Å²) in [7, 11) is 0. The second-order valence-corrected chi connectivity index (χ2v) is 6.53. The molecular weight excluding hydrogens is 340 g/mol. The molecule has 0 unspecified atom stereocenters. The van der Waals surface area contributed by atoms with Gasteiger partial charge in [0.1, 0.15) is 5.75 Å². The highest BCUT2D eigenvalue weighted by atomic mass is 16.3. The number of H-pyrrole nitrogens is 1. The maximum absolute atomic E-state index is 11.9. The molecule has 5 heteroatoms. The summed E-state index contributed by atoms with van der Waals surface area (Å²) in [4.78, 5) is 27.1. The van der Waals surface area contributed by atoms with Gasteiger partial charge in [0.2, 0.25) is 5.91 Å². The third kappa shape index (κ3) is 5.07. The Kier molecular flexibility index (Phi) is 5.71. The Morgan fingerprint density at radius 2 is 1.93 bits per heavy atom. The van der Waals surface area contributed by atoms with Gasteiger partial charge in [-0.15, -0.1) is 0 Å². The number of aromatic nitrogens is 1. The van der Waals surface area contributed by atoms with E-state index >= 15 is 0 Å². The fourth-order valence-corrected chi connectivity index (χ4v) is 2.89. The minimum atomic E-state index is -0.286. The standard InChI is InChI=1S/C22H22N2O3/c1-15-2-9-21-20(12-15)17(14-24-21)10-11-23-22(27)13-19(26)8-5-16-3-6-18(25)7-4-16/h2-9,12,14,24-25H,10-11,13H2,1H3,(H,23,27)/b8-5+. The first-order valence-corrected chi connectivity index (χ1v) is 8.84. The molecule has 0 aliphatic heterocycles. The van der Waals surface area contributed by atoms with Gasteiger partial charge in [0.15, 0.2) is 5.78 Å². The van der Waals surface area contributed by atoms with E-state index in [4.69, 9.17) is 0 Å². The van der Waals surface area contributed by atoms with Crippen LogP contribution < -0.4 is 5.32 Å². The molecule has 3 rings (SSSR count). The maximum Gasteiger partial charge on any atom is 0.227 e. The van der Waals surface area contributed by atoms with E-state index in [9.17, 15) is 14.7 Å². The summed E-state index contributed by atoms with van der Waals surface area (Å²) in [5.41, 5.74) is 4.21. The van der Waals surface area contributed by atoms with E-state index in [1.165, 1.54) is 11.6 Å². The van der Waals surface area contributed by atoms with Gasteiger partial charge >= 0.3 is 0 Å². The third-order valence-corrected chi connectivity index (χ3v) is 4.33. The molecule has 0 bridgehead atoms. The van der Waals surface area contributed by atoms with Crippen LogP contribution in [0.5, 0.6) is 5.75 Å². The normalized spacial score (nSPS) is 11.1. The van der Waals surface area contributed by atoms with E-state index in [0.717, 1.165) is 22.0 Å². The lowest BCUT2D eigenvalue weighted by atomic mass is 10.1. The average molecular weight is 362 g/mol. The summed E-state index contributed by atoms with van der Waals surface area (Å²) in [6, 6.07) is 12.7. The van der Waals surface area contributed by atoms with Gasteiger partial charge in [-0.1, -0.05) is 29.8 Å². The van der Waals surface area contributed by atoms with Gasteiger partial charge in [0.05, 0.1) is 6.42 Å². The van der Waals surface area contributed by atoms with E-state index in [0.29, 0.717) is 13.0 Å². The topological polar surface area (TPSA) is 82.2 Å². The van der Waals surface area contributed by atoms with Gasteiger partial charge in [-0.2, -0.15) is 0 Å². The molecule has 0 radical (unpaired) electrons. The molecule has 3 aromatic rings. The quantitative estimate of drug-likeness (QED) is 0.444. The lowest BCUT2D eigenvalue weighted by Crippen LogP contribution is -2.27. The summed E-state index contributed by atoms with van der Waals surface area (Å²) in [6.07, 6.45) is 5.49. The number of carbonyl (C=O) groups is 2. The van der Waals surface area contributed by atoms with Crippen LogP contribution >= 0.6 is 0 Å². The highest BCUT2D eigenvalue weighted by Gasteiger charge is 2.08. The van der Waals surface area contributed by atoms with Crippen LogP contribution in [-0.4, -0.2) is 28.3 Å². The van der Waals surface area contributed by atoms with Crippen LogP contribution in [-0.2, 0) is 16.0 Å². The largest absolute Gasteiger partial charge is 0.508 e. The van der Waals surface area contributed by atoms with E-state index in [-0.39, 0.29) is 23.9 Å². The van der Waals surface area contributed by atoms with E-state index in [2.05, 4.69) is 29.4 Å². The summed E-state index contributed by atoms with van der Waals surface area (Å²) in [6.45, 7) is 2.53. The average Bonchev–Trinajstić information content (AvgIpc) is 3.03. The van der Waals surface area contributed by atoms with Crippen LogP contribution in [0, 0.1) is 6.92 Å². The van der Waals surface area contributed by atoms with E-state index in [1.807, 2.05) is 12.3 Å². The van der Waals surface area contributed by atoms with Crippen LogP contribution in [0.4, 0.5) is 0 Å². The molecule has 0 saturated heterocycles. The molecule has 0 aliphatic rings. The molecule has 1 aromatic heterocycles. The van der Waals surface area contributed by atoms with Crippen LogP contribution in [0.3, 0.4) is 0 Å². The lowest BCUT2D eigenvalue weighted by molar-refractivity contribution is -0.126. The predicted octanol–water partition coefficient (Wildman–Crippen LogP) is 3.51. The van der Waals surface area contributed by atoms with Crippen molar-refractivity contribution in [2.45, 2.75) is 19.8 Å². The highest BCUT2D eigenvalue weighted by molar-refractivity contribution is 6.05. The number of aromatic hydroxyl groups is 1. The number of hydrogen-bond donors (Lipinski definition) is 3. The fourth-order valence-electron chi connectivity index (χ4n) is 2.89. The summed E-state index contributed by atoms with van der Waals surface area (Å²) >= 11 is 0. The van der Waals surface area contributed by atoms with Crippen molar-refractivity contribution < 1.29 is 14.7 Å². The van der Waals surface area contributed by atoms with Crippen LogP contribution in [0.25, 0.3) is 17.0 Å². The number of allylic oxidation sites excluding steroid dienone is 1. The third-order valence-electron chi connectivity index (χ3n) is 4.33. The molecule has 1 amide bonds. The lowest BCUT2D eigenvalue weighted by Gasteiger charge is -2.04. The number of benzene rings is 2. The molecule has 27 heavy (non-hydrogen) atoms. The van der Waals surface area contributed by atoms with Crippen molar-refractivity contribution in [2.75, 3.05) is 6.54 Å². The van der Waals surface area contributed by atoms with Crippen molar-refractivity contribution in [3.63, 3.8) is 0 Å². The van der Waals surface area contributed by atoms with Crippen LogP contribution in [0.2, 0.25) is 0 Å². The molecule has 3 N–H and O–H groups in total. The molecule has 0 spiro atoms. The predicted molar refractivity (Wildman–Crippen MR) is 107 cm³/mol. The zero-order valence-electron chi connectivity index (χ0n) is 15.2. The minimum absolute atomic E-state index is 0.170. The first-order chi connectivity index (χ1) is 13.0. The van der Waals surface area contributed by atoms with E-state index < -0.39 is 0 Å². The molecule has 2 aromatic carbocycles. The highest BCUT2D eigenvalue weighted by Crippen LogP contribution is 2.19. The van der Waals surface area contributed by atoms with Crippen molar-refractivity contribution in [3.05, 3.63) is 71.4 Å². The van der Waals surface area contributed by atoms with Gasteiger partial charge in [0.25, 0.3) is 0 Å². The first-order valence-electron chi connectivity index (χ1n) is 8.84. The number of fused-ring (bicyclic) bond motifs is 1. The molecular formula is C22H22N2O3. The summed E-state index contributed by atoms with van der Waals surface area (Å²) < 4.78 is 0. The molecule has 0 atom stereocenters. The maximum atomic E-state index is 11.9. The minimum Gasteiger partial charge on any atom is -0.508 e. The van der Waals surface area contributed by atoms with Crippen LogP contribution in [0.1, 0.15) is 23.1 Å². The number of aromatic amines is 1. The molecule has 1 heterocycles. The zero-order chi connectivity index (χ0) is 19.2. The van der Waals surface area contributed by atoms with Gasteiger partial charge in [0, 0.05) is 23.6 Å². The first kappa shape index (κ1) is 18.5. The number of ketones is 1. The number of phenolic OH excluding ortho intramolecular Hbond substituents is 1. The Morgan fingerprint density at radius 1 is 1.15 bits per heavy atom. The second kappa shape index (κ2) is 8.36. The Morgan fingerprint density at radius 3 is 2.70 bits per heavy atom. The smallest absolute Gasteiger partial charge is 0.227 e. The van der Waals surface area contributed by atoms with Gasteiger partial charge in [-0.3, -0.25) is 9.59 Å². The SMILES string of the molecule is Cc1ccc2[nH]cc(CCNC(=O)CC(=O)/C=C/c3ccc(O)cc3)c2c1. The Balaban J connectivity index is 1.47. The van der Waals surface area contributed by atoms with Crippen molar-refractivity contribution in [1.29, 1.82) is 0 Å². The Bertz CT molecular complexity index is 984. The summed E-state index contributed by atoms with van der Waals surface area (Å²) in [5, 5.41) is 13.2. The molecule has 0 saturated carbocycles. The Hall–Kier alpha value is -3.34. The zero-order valence-corrected chi connectivity index (χ0v) is 15.2. The van der Waals surface area contributed by atoms with Crippen molar-refractivity contribution >= 4 is 28.7 Å². The number of amides is 1. The summed E-state index contributed by atoms with van der Waals surface area (Å²) in [5.74, 6) is -0.377.